The van der Waals surface area contributed by atoms with E-state index in [1.165, 1.54) is 27.8 Å². The Kier molecular flexibility index (Phi) is 7.96. The number of hydrogen-bond acceptors (Lipinski definition) is 5. The van der Waals surface area contributed by atoms with E-state index in [0.29, 0.717) is 17.5 Å². The number of hydrogen-bond donors (Lipinski definition) is 2. The highest BCUT2D eigenvalue weighted by Gasteiger charge is 2.43. The second-order valence-electron chi connectivity index (χ2n) is 13.6. The summed E-state index contributed by atoms with van der Waals surface area (Å²) < 4.78 is 0. The first-order valence-corrected chi connectivity index (χ1v) is 16.0. The fraction of sp³-hybridized carbons (Fsp3) is 0.385. The quantitative estimate of drug-likeness (QED) is 0.232. The lowest BCUT2D eigenvalue weighted by Gasteiger charge is -2.36. The Labute approximate surface area is 264 Å². The van der Waals surface area contributed by atoms with Crippen LogP contribution >= 0.6 is 0 Å². The number of Topliss-reactive ketones (excluding diaryl/α,β-unsaturated/α-hetero) is 1. The third-order valence-electron chi connectivity index (χ3n) is 10.3. The van der Waals surface area contributed by atoms with Gasteiger partial charge in [0.25, 0.3) is 0 Å². The monoisotopic (exact) mass is 587 g/mol. The van der Waals surface area contributed by atoms with Crippen LogP contribution in [0.25, 0.3) is 5.57 Å². The Morgan fingerprint density at radius 3 is 2.59 bits per heavy atom. The molecule has 2 aliphatic carbocycles. The minimum absolute atomic E-state index is 0. The number of fused-ring (bicyclic) bond motifs is 3. The van der Waals surface area contributed by atoms with Gasteiger partial charge in [-0.3, -0.25) is 9.69 Å². The lowest BCUT2D eigenvalue weighted by atomic mass is 9.67. The Morgan fingerprint density at radius 2 is 1.91 bits per heavy atom. The Hall–Kier alpha value is -3.83. The van der Waals surface area contributed by atoms with E-state index in [-0.39, 0.29) is 13.1 Å². The highest BCUT2D eigenvalue weighted by molar-refractivity contribution is 6.07. The predicted molar refractivity (Wildman–Crippen MR) is 182 cm³/mol. The molecule has 0 saturated heterocycles. The summed E-state index contributed by atoms with van der Waals surface area (Å²) in [5, 5.41) is 7.08. The molecule has 0 amide bonds. The van der Waals surface area contributed by atoms with Crippen LogP contribution in [0.1, 0.15) is 79.0 Å². The van der Waals surface area contributed by atoms with E-state index in [1.807, 2.05) is 32.5 Å². The average Bonchev–Trinajstić information content (AvgIpc) is 3.93. The van der Waals surface area contributed by atoms with E-state index >= 15 is 0 Å². The average molecular weight is 588 g/mol. The minimum atomic E-state index is -0.699. The van der Waals surface area contributed by atoms with Gasteiger partial charge in [-0.25, -0.2) is 5.53 Å². The van der Waals surface area contributed by atoms with Crippen molar-refractivity contribution in [3.63, 3.8) is 0 Å². The van der Waals surface area contributed by atoms with E-state index in [1.54, 1.807) is 5.57 Å². The van der Waals surface area contributed by atoms with Crippen LogP contribution in [0, 0.1) is 50.0 Å². The summed E-state index contributed by atoms with van der Waals surface area (Å²) in [5.41, 5.74) is 21.0. The second-order valence-corrected chi connectivity index (χ2v) is 13.6. The van der Waals surface area contributed by atoms with E-state index in [4.69, 9.17) is 5.53 Å². The molecule has 0 fully saturated rings. The molecule has 3 aromatic carbocycles. The van der Waals surface area contributed by atoms with Crippen molar-refractivity contribution < 1.29 is 6.22 Å². The van der Waals surface area contributed by atoms with Crippen LogP contribution in [-0.2, 0) is 17.9 Å². The number of allylic oxidation sites excluding steroid dienone is 4. The zero-order chi connectivity index (χ0) is 31.3. The number of rotatable bonds is 10. The number of carbonyl (C=O) groups is 1. The van der Waals surface area contributed by atoms with E-state index < -0.39 is 5.41 Å². The van der Waals surface area contributed by atoms with Crippen LogP contribution in [0.4, 0.5) is 11.4 Å². The molecule has 1 unspecified atom stereocenters. The Morgan fingerprint density at radius 1 is 1.14 bits per heavy atom. The van der Waals surface area contributed by atoms with Crippen molar-refractivity contribution in [1.82, 2.24) is 4.90 Å². The molecular weight excluding hydrogens is 540 g/mol. The molecule has 1 heterocycles. The van der Waals surface area contributed by atoms with Crippen LogP contribution in [0.2, 0.25) is 0 Å². The van der Waals surface area contributed by atoms with Crippen molar-refractivity contribution in [1.29, 1.82) is 5.53 Å². The molecule has 5 heteroatoms. The van der Waals surface area contributed by atoms with E-state index in [9.17, 15) is 4.79 Å². The van der Waals surface area contributed by atoms with Gasteiger partial charge in [0.1, 0.15) is 5.69 Å². The minimum Gasteiger partial charge on any atom is -0.386 e. The Balaban J connectivity index is 0.00000400. The zero-order valence-corrected chi connectivity index (χ0v) is 27.2. The molecule has 6 rings (SSSR count). The Bertz CT molecular complexity index is 1720. The standard InChI is InChI=1S/C39H45N4O.H2/c1-8-26-20-43(21-29-11-9-10-24(3)35(29)33-19-32(26)33)22-30-18-28(13-12-23(30)2)36(39(5,6)38(44)27-14-15-27)31-16-17-34(41-7)37(42-40)25(31)4;/h9-19,26,32,36,40-41H,8,20-22H2,1-7H3;1H/t26-,32?,36+;/m1./s1. The maximum absolute atomic E-state index is 13.8. The first-order chi connectivity index (χ1) is 21.1. The fourth-order valence-corrected chi connectivity index (χ4v) is 7.65. The van der Waals surface area contributed by atoms with Gasteiger partial charge in [0.05, 0.1) is 5.69 Å². The van der Waals surface area contributed by atoms with Gasteiger partial charge in [-0.15, -0.1) is 0 Å². The van der Waals surface area contributed by atoms with Gasteiger partial charge in [-0.1, -0.05) is 81.8 Å². The zero-order valence-electron chi connectivity index (χ0n) is 27.2. The second kappa shape index (κ2) is 11.6. The number of carbonyl (C=O) groups excluding carboxylic acids is 1. The number of anilines is 1. The topological polar surface area (TPSA) is 68.6 Å². The maximum atomic E-state index is 13.8. The molecule has 1 aliphatic heterocycles. The lowest BCUT2D eigenvalue weighted by Crippen LogP contribution is -2.33. The molecule has 0 spiro atoms. The van der Waals surface area contributed by atoms with Crippen molar-refractivity contribution in [3.8, 4) is 0 Å². The largest absolute Gasteiger partial charge is 0.386 e. The van der Waals surface area contributed by atoms with Crippen molar-refractivity contribution in [2.24, 2.45) is 22.4 Å². The smallest absolute Gasteiger partial charge is 0.165 e. The molecule has 2 N–H and O–H groups in total. The normalized spacial score (nSPS) is 19.9. The lowest BCUT2D eigenvalue weighted by molar-refractivity contribution is -0.123. The van der Waals surface area contributed by atoms with E-state index in [2.05, 4.69) is 98.5 Å². The number of nitrogens with one attached hydrogen (secondary N) is 2. The maximum Gasteiger partial charge on any atom is 0.165 e. The highest BCUT2D eigenvalue weighted by Crippen LogP contribution is 2.50. The molecule has 3 atom stereocenters. The van der Waals surface area contributed by atoms with Crippen molar-refractivity contribution in [2.75, 3.05) is 18.9 Å². The first kappa shape index (κ1) is 30.2. The molecule has 0 aromatic heterocycles. The molecule has 0 bridgehead atoms. The number of aryl methyl sites for hydroxylation is 2. The van der Waals surface area contributed by atoms with Crippen molar-refractivity contribution >= 4 is 22.7 Å². The SMILES string of the molecule is CC[C@@H]1CN(Cc2cc([C@@H](c3ccc(NC)c(N=N)c3C)C(C)(C)C(=O)C3=C[CH]3)ccc2C)Cc2cccc(C)c2C2=CC21.[HH]. The molecule has 229 valence electrons. The summed E-state index contributed by atoms with van der Waals surface area (Å²) in [6, 6.07) is 17.6. The van der Waals surface area contributed by atoms with Crippen LogP contribution < -0.4 is 5.32 Å². The molecule has 3 aromatic rings. The number of ketones is 1. The van der Waals surface area contributed by atoms with Gasteiger partial charge < -0.3 is 5.32 Å². The molecule has 44 heavy (non-hydrogen) atoms. The van der Waals surface area contributed by atoms with Crippen LogP contribution in [0.5, 0.6) is 0 Å². The summed E-state index contributed by atoms with van der Waals surface area (Å²) >= 11 is 0. The van der Waals surface area contributed by atoms with Crippen molar-refractivity contribution in [2.45, 2.75) is 67.0 Å². The first-order valence-electron chi connectivity index (χ1n) is 16.0. The van der Waals surface area contributed by atoms with Crippen LogP contribution in [-0.4, -0.2) is 24.3 Å². The summed E-state index contributed by atoms with van der Waals surface area (Å²) in [7, 11) is 1.85. The van der Waals surface area contributed by atoms with Gasteiger partial charge in [-0.2, -0.15) is 5.11 Å². The molecule has 5 nitrogen and oxygen atoms in total. The van der Waals surface area contributed by atoms with E-state index in [0.717, 1.165) is 54.0 Å². The third kappa shape index (κ3) is 5.36. The van der Waals surface area contributed by atoms with Gasteiger partial charge in [0.2, 0.25) is 0 Å². The van der Waals surface area contributed by atoms with Gasteiger partial charge in [-0.05, 0) is 82.8 Å². The van der Waals surface area contributed by atoms with Crippen LogP contribution in [0.3, 0.4) is 0 Å². The molecule has 0 saturated carbocycles. The summed E-state index contributed by atoms with van der Waals surface area (Å²) in [6.45, 7) is 15.8. The summed E-state index contributed by atoms with van der Waals surface area (Å²) in [6.07, 6.45) is 7.48. The number of benzene rings is 3. The molecular formula is C39H47N4O. The summed E-state index contributed by atoms with van der Waals surface area (Å²) in [5.74, 6) is 1.15. The van der Waals surface area contributed by atoms with Gasteiger partial charge in [0.15, 0.2) is 5.78 Å². The summed E-state index contributed by atoms with van der Waals surface area (Å²) in [4.78, 5) is 16.4. The molecule has 3 aliphatic rings. The fourth-order valence-electron chi connectivity index (χ4n) is 7.65. The van der Waals surface area contributed by atoms with Gasteiger partial charge in [0, 0.05) is 57.4 Å². The van der Waals surface area contributed by atoms with Gasteiger partial charge >= 0.3 is 0 Å². The van der Waals surface area contributed by atoms with Crippen molar-refractivity contribution in [3.05, 3.63) is 117 Å². The highest BCUT2D eigenvalue weighted by atomic mass is 16.1. The predicted octanol–water partition coefficient (Wildman–Crippen LogP) is 9.49. The number of nitrogens with zero attached hydrogens (tertiary/aromatic N) is 2. The van der Waals surface area contributed by atoms with Crippen LogP contribution in [0.15, 0.2) is 71.4 Å². The third-order valence-corrected chi connectivity index (χ3v) is 10.3. The molecule has 1 radical (unpaired) electrons.